The summed E-state index contributed by atoms with van der Waals surface area (Å²) < 4.78 is 5.20. The molecule has 5 heteroatoms. The number of ether oxygens (including phenoxy) is 1. The first-order valence-electron chi connectivity index (χ1n) is 6.94. The molecule has 1 aliphatic rings. The Balaban J connectivity index is 1.86. The highest BCUT2D eigenvalue weighted by Crippen LogP contribution is 2.28. The average molecular weight is 276 g/mol. The SMILES string of the molecule is NC(=O)COc1cccc(NC(=O)CC2CCCC2)c1. The van der Waals surface area contributed by atoms with Gasteiger partial charge in [0.2, 0.25) is 5.91 Å². The van der Waals surface area contributed by atoms with Gasteiger partial charge in [-0.15, -0.1) is 0 Å². The number of carbonyl (C=O) groups excluding carboxylic acids is 2. The monoisotopic (exact) mass is 276 g/mol. The summed E-state index contributed by atoms with van der Waals surface area (Å²) in [5.41, 5.74) is 5.69. The van der Waals surface area contributed by atoms with Crippen molar-refractivity contribution in [3.63, 3.8) is 0 Å². The highest BCUT2D eigenvalue weighted by Gasteiger charge is 2.18. The quantitative estimate of drug-likeness (QED) is 0.834. The zero-order valence-electron chi connectivity index (χ0n) is 11.4. The van der Waals surface area contributed by atoms with Crippen LogP contribution in [0.5, 0.6) is 5.75 Å². The van der Waals surface area contributed by atoms with Crippen molar-refractivity contribution in [2.45, 2.75) is 32.1 Å². The number of hydrogen-bond acceptors (Lipinski definition) is 3. The molecule has 0 atom stereocenters. The lowest BCUT2D eigenvalue weighted by Gasteiger charge is -2.10. The number of anilines is 1. The molecular weight excluding hydrogens is 256 g/mol. The van der Waals surface area contributed by atoms with Crippen LogP contribution in [-0.2, 0) is 9.59 Å². The first-order valence-corrected chi connectivity index (χ1v) is 6.94. The maximum atomic E-state index is 11.9. The number of benzene rings is 1. The fraction of sp³-hybridized carbons (Fsp3) is 0.467. The average Bonchev–Trinajstić information content (AvgIpc) is 2.89. The molecule has 1 aromatic carbocycles. The van der Waals surface area contributed by atoms with Crippen molar-refractivity contribution >= 4 is 17.5 Å². The fourth-order valence-electron chi connectivity index (χ4n) is 2.51. The third kappa shape index (κ3) is 4.57. The second-order valence-corrected chi connectivity index (χ2v) is 5.19. The van der Waals surface area contributed by atoms with Gasteiger partial charge in [0.15, 0.2) is 6.61 Å². The summed E-state index contributed by atoms with van der Waals surface area (Å²) in [6.45, 7) is -0.167. The van der Waals surface area contributed by atoms with Gasteiger partial charge in [-0.2, -0.15) is 0 Å². The Kier molecular flexibility index (Phi) is 4.98. The van der Waals surface area contributed by atoms with Crippen LogP contribution in [0.15, 0.2) is 24.3 Å². The van der Waals surface area contributed by atoms with Gasteiger partial charge >= 0.3 is 0 Å². The van der Waals surface area contributed by atoms with E-state index in [-0.39, 0.29) is 12.5 Å². The van der Waals surface area contributed by atoms with Crippen LogP contribution in [0.3, 0.4) is 0 Å². The number of rotatable bonds is 6. The van der Waals surface area contributed by atoms with Gasteiger partial charge in [-0.1, -0.05) is 18.9 Å². The number of nitrogens with one attached hydrogen (secondary N) is 1. The van der Waals surface area contributed by atoms with Crippen LogP contribution in [-0.4, -0.2) is 18.4 Å². The molecule has 0 radical (unpaired) electrons. The van der Waals surface area contributed by atoms with Crippen LogP contribution in [0.4, 0.5) is 5.69 Å². The normalized spacial score (nSPS) is 15.0. The molecule has 0 bridgehead atoms. The Bertz CT molecular complexity index is 482. The molecule has 0 aromatic heterocycles. The van der Waals surface area contributed by atoms with Crippen molar-refractivity contribution in [2.24, 2.45) is 11.7 Å². The second-order valence-electron chi connectivity index (χ2n) is 5.19. The van der Waals surface area contributed by atoms with E-state index in [0.717, 1.165) is 12.8 Å². The van der Waals surface area contributed by atoms with Crippen molar-refractivity contribution in [3.8, 4) is 5.75 Å². The van der Waals surface area contributed by atoms with Gasteiger partial charge in [-0.05, 0) is 30.9 Å². The van der Waals surface area contributed by atoms with Crippen LogP contribution in [0.2, 0.25) is 0 Å². The Morgan fingerprint density at radius 2 is 2.05 bits per heavy atom. The van der Waals surface area contributed by atoms with Crippen LogP contribution in [0, 0.1) is 5.92 Å². The fourth-order valence-corrected chi connectivity index (χ4v) is 2.51. The van der Waals surface area contributed by atoms with Gasteiger partial charge in [0.25, 0.3) is 5.91 Å². The van der Waals surface area contributed by atoms with Gasteiger partial charge in [-0.25, -0.2) is 0 Å². The summed E-state index contributed by atoms with van der Waals surface area (Å²) in [5.74, 6) is 0.538. The third-order valence-corrected chi connectivity index (χ3v) is 3.45. The van der Waals surface area contributed by atoms with E-state index < -0.39 is 5.91 Å². The van der Waals surface area contributed by atoms with Gasteiger partial charge in [-0.3, -0.25) is 9.59 Å². The van der Waals surface area contributed by atoms with Crippen molar-refractivity contribution in [1.29, 1.82) is 0 Å². The molecule has 0 saturated heterocycles. The van der Waals surface area contributed by atoms with E-state index in [1.807, 2.05) is 0 Å². The molecule has 2 rings (SSSR count). The number of amides is 2. The predicted molar refractivity (Wildman–Crippen MR) is 76.3 cm³/mol. The first kappa shape index (κ1) is 14.4. The standard InChI is InChI=1S/C15H20N2O3/c16-14(18)10-20-13-7-3-6-12(9-13)17-15(19)8-11-4-1-2-5-11/h3,6-7,9,11H,1-2,4-5,8,10H2,(H2,16,18)(H,17,19). The molecule has 0 heterocycles. The summed E-state index contributed by atoms with van der Waals surface area (Å²) in [7, 11) is 0. The predicted octanol–water partition coefficient (Wildman–Crippen LogP) is 2.07. The van der Waals surface area contributed by atoms with E-state index in [2.05, 4.69) is 5.32 Å². The number of carbonyl (C=O) groups is 2. The van der Waals surface area contributed by atoms with Crippen molar-refractivity contribution in [2.75, 3.05) is 11.9 Å². The molecule has 0 unspecified atom stereocenters. The van der Waals surface area contributed by atoms with Crippen molar-refractivity contribution < 1.29 is 14.3 Å². The summed E-state index contributed by atoms with van der Waals surface area (Å²) in [6, 6.07) is 6.97. The third-order valence-electron chi connectivity index (χ3n) is 3.45. The lowest BCUT2D eigenvalue weighted by molar-refractivity contribution is -0.120. The Hall–Kier alpha value is -2.04. The molecule has 3 N–H and O–H groups in total. The second kappa shape index (κ2) is 6.93. The summed E-state index contributed by atoms with van der Waals surface area (Å²) in [5, 5.41) is 2.86. The minimum absolute atomic E-state index is 0.0314. The Morgan fingerprint density at radius 3 is 2.75 bits per heavy atom. The summed E-state index contributed by atoms with van der Waals surface area (Å²) >= 11 is 0. The highest BCUT2D eigenvalue weighted by atomic mass is 16.5. The minimum Gasteiger partial charge on any atom is -0.484 e. The van der Waals surface area contributed by atoms with E-state index >= 15 is 0 Å². The first-order chi connectivity index (χ1) is 9.63. The van der Waals surface area contributed by atoms with Gasteiger partial charge < -0.3 is 15.8 Å². The number of primary amides is 1. The molecule has 2 amide bonds. The topological polar surface area (TPSA) is 81.4 Å². The van der Waals surface area contributed by atoms with E-state index in [0.29, 0.717) is 23.8 Å². The zero-order valence-corrected chi connectivity index (χ0v) is 11.4. The van der Waals surface area contributed by atoms with Gasteiger partial charge in [0.05, 0.1) is 0 Å². The van der Waals surface area contributed by atoms with Crippen LogP contribution in [0.1, 0.15) is 32.1 Å². The molecule has 1 aliphatic carbocycles. The molecule has 1 aromatic rings. The van der Waals surface area contributed by atoms with Crippen molar-refractivity contribution in [1.82, 2.24) is 0 Å². The van der Waals surface area contributed by atoms with Gasteiger partial charge in [0.1, 0.15) is 5.75 Å². The molecule has 108 valence electrons. The zero-order chi connectivity index (χ0) is 14.4. The lowest BCUT2D eigenvalue weighted by Crippen LogP contribution is -2.20. The van der Waals surface area contributed by atoms with Crippen LogP contribution < -0.4 is 15.8 Å². The molecule has 1 saturated carbocycles. The van der Waals surface area contributed by atoms with Crippen LogP contribution in [0.25, 0.3) is 0 Å². The van der Waals surface area contributed by atoms with E-state index in [4.69, 9.17) is 10.5 Å². The molecule has 0 aliphatic heterocycles. The number of hydrogen-bond donors (Lipinski definition) is 2. The molecule has 0 spiro atoms. The Morgan fingerprint density at radius 1 is 1.30 bits per heavy atom. The van der Waals surface area contributed by atoms with Gasteiger partial charge in [0, 0.05) is 18.2 Å². The molecular formula is C15H20N2O3. The van der Waals surface area contributed by atoms with Crippen molar-refractivity contribution in [3.05, 3.63) is 24.3 Å². The summed E-state index contributed by atoms with van der Waals surface area (Å²) in [4.78, 5) is 22.6. The maximum Gasteiger partial charge on any atom is 0.255 e. The van der Waals surface area contributed by atoms with E-state index in [9.17, 15) is 9.59 Å². The maximum absolute atomic E-state index is 11.9. The van der Waals surface area contributed by atoms with Crippen LogP contribution >= 0.6 is 0 Å². The highest BCUT2D eigenvalue weighted by molar-refractivity contribution is 5.91. The number of nitrogens with two attached hydrogens (primary N) is 1. The van der Waals surface area contributed by atoms with E-state index in [1.54, 1.807) is 24.3 Å². The molecule has 5 nitrogen and oxygen atoms in total. The molecule has 1 fully saturated rings. The van der Waals surface area contributed by atoms with E-state index in [1.165, 1.54) is 12.8 Å². The smallest absolute Gasteiger partial charge is 0.255 e. The minimum atomic E-state index is -0.527. The Labute approximate surface area is 118 Å². The largest absolute Gasteiger partial charge is 0.484 e. The summed E-state index contributed by atoms with van der Waals surface area (Å²) in [6.07, 6.45) is 5.33. The lowest BCUT2D eigenvalue weighted by atomic mass is 10.0. The molecule has 20 heavy (non-hydrogen) atoms.